The van der Waals surface area contributed by atoms with Crippen LogP contribution in [-0.4, -0.2) is 35.9 Å². The van der Waals surface area contributed by atoms with E-state index in [1.54, 1.807) is 7.11 Å². The molecule has 2 aromatic carbocycles. The number of unbranched alkanes of at least 4 members (excludes halogenated alkanes) is 3. The zero-order chi connectivity index (χ0) is 23.9. The van der Waals surface area contributed by atoms with Crippen molar-refractivity contribution in [3.8, 4) is 11.5 Å². The molecular formula is C27H34O6. The first kappa shape index (κ1) is 26.0. The van der Waals surface area contributed by atoms with Crippen molar-refractivity contribution in [2.75, 3.05) is 13.7 Å². The highest BCUT2D eigenvalue weighted by Crippen LogP contribution is 2.23. The third kappa shape index (κ3) is 10.7. The van der Waals surface area contributed by atoms with Crippen LogP contribution in [0.3, 0.4) is 0 Å². The van der Waals surface area contributed by atoms with E-state index in [2.05, 4.69) is 12.2 Å². The van der Waals surface area contributed by atoms with E-state index in [1.807, 2.05) is 42.5 Å². The first-order valence-electron chi connectivity index (χ1n) is 11.5. The highest BCUT2D eigenvalue weighted by molar-refractivity contribution is 5.67. The van der Waals surface area contributed by atoms with Gasteiger partial charge < -0.3 is 19.7 Å². The summed E-state index contributed by atoms with van der Waals surface area (Å²) in [6, 6.07) is 13.8. The summed E-state index contributed by atoms with van der Waals surface area (Å²) in [7, 11) is 1.65. The molecule has 0 heterocycles. The molecule has 178 valence electrons. The average Bonchev–Trinajstić information content (AvgIpc) is 2.81. The molecule has 0 fully saturated rings. The number of carboxylic acid groups (broad SMARTS) is 2. The molecule has 2 aromatic rings. The van der Waals surface area contributed by atoms with Gasteiger partial charge in [0.1, 0.15) is 11.5 Å². The lowest BCUT2D eigenvalue weighted by molar-refractivity contribution is -0.138. The van der Waals surface area contributed by atoms with Gasteiger partial charge in [0, 0.05) is 12.8 Å². The fraction of sp³-hybridized carbons (Fsp3) is 0.407. The Labute approximate surface area is 195 Å². The topological polar surface area (TPSA) is 93.1 Å². The van der Waals surface area contributed by atoms with Gasteiger partial charge in [0.25, 0.3) is 0 Å². The van der Waals surface area contributed by atoms with E-state index in [1.165, 1.54) is 0 Å². The minimum absolute atomic E-state index is 0.0506. The van der Waals surface area contributed by atoms with Crippen LogP contribution in [0.15, 0.2) is 48.5 Å². The van der Waals surface area contributed by atoms with Crippen molar-refractivity contribution in [3.63, 3.8) is 0 Å². The first-order chi connectivity index (χ1) is 16.0. The lowest BCUT2D eigenvalue weighted by atomic mass is 10.0. The van der Waals surface area contributed by atoms with Gasteiger partial charge in [-0.05, 0) is 79.8 Å². The lowest BCUT2D eigenvalue weighted by Crippen LogP contribution is -2.04. The van der Waals surface area contributed by atoms with Gasteiger partial charge >= 0.3 is 11.9 Å². The number of carbonyl (C=O) groups is 2. The molecule has 0 radical (unpaired) electrons. The molecule has 0 amide bonds. The zero-order valence-corrected chi connectivity index (χ0v) is 19.3. The van der Waals surface area contributed by atoms with Crippen LogP contribution >= 0.6 is 0 Å². The van der Waals surface area contributed by atoms with Crippen molar-refractivity contribution in [2.24, 2.45) is 0 Å². The van der Waals surface area contributed by atoms with Crippen molar-refractivity contribution in [1.82, 2.24) is 0 Å². The summed E-state index contributed by atoms with van der Waals surface area (Å²) >= 11 is 0. The molecule has 2 rings (SSSR count). The van der Waals surface area contributed by atoms with Gasteiger partial charge in [-0.3, -0.25) is 9.59 Å². The summed E-state index contributed by atoms with van der Waals surface area (Å²) in [5, 5.41) is 17.8. The zero-order valence-electron chi connectivity index (χ0n) is 19.3. The molecule has 33 heavy (non-hydrogen) atoms. The number of aryl methyl sites for hydroxylation is 2. The Bertz CT molecular complexity index is 901. The van der Waals surface area contributed by atoms with Crippen LogP contribution in [0.2, 0.25) is 0 Å². The SMILES string of the molecule is COc1ccc(/C=C/CCCCOc2ccc(CCCCC(=O)O)cc2CCC(=O)O)cc1. The number of aliphatic carboxylic acids is 2. The van der Waals surface area contributed by atoms with Crippen molar-refractivity contribution < 1.29 is 29.3 Å². The molecule has 2 N–H and O–H groups in total. The van der Waals surface area contributed by atoms with Gasteiger partial charge in [0.2, 0.25) is 0 Å². The Morgan fingerprint density at radius 2 is 1.64 bits per heavy atom. The van der Waals surface area contributed by atoms with Crippen molar-refractivity contribution in [1.29, 1.82) is 0 Å². The largest absolute Gasteiger partial charge is 0.497 e. The van der Waals surface area contributed by atoms with Crippen LogP contribution in [0, 0.1) is 0 Å². The number of methoxy groups -OCH3 is 1. The average molecular weight is 455 g/mol. The third-order valence-electron chi connectivity index (χ3n) is 5.29. The van der Waals surface area contributed by atoms with Crippen molar-refractivity contribution in [2.45, 2.75) is 57.8 Å². The summed E-state index contributed by atoms with van der Waals surface area (Å²) in [5.74, 6) is -0.0360. The molecule has 0 atom stereocenters. The number of ether oxygens (including phenoxy) is 2. The smallest absolute Gasteiger partial charge is 0.303 e. The summed E-state index contributed by atoms with van der Waals surface area (Å²) in [6.07, 6.45) is 9.93. The minimum atomic E-state index is -0.837. The standard InChI is InChI=1S/C27H34O6/c1-32-24-15-11-21(12-16-24)8-4-2-3-7-19-33-25-17-13-22(9-5-6-10-26(28)29)20-23(25)14-18-27(30)31/h4,8,11-13,15-17,20H,2-3,5-7,9-10,14,18-19H2,1H3,(H,28,29)(H,30,31)/b8-4+. The summed E-state index contributed by atoms with van der Waals surface area (Å²) in [5.41, 5.74) is 3.11. The van der Waals surface area contributed by atoms with Crippen LogP contribution < -0.4 is 9.47 Å². The minimum Gasteiger partial charge on any atom is -0.497 e. The Morgan fingerprint density at radius 3 is 2.33 bits per heavy atom. The normalized spacial score (nSPS) is 10.9. The van der Waals surface area contributed by atoms with E-state index in [0.29, 0.717) is 19.4 Å². The number of allylic oxidation sites excluding steroid dienone is 1. The molecule has 0 spiro atoms. The second-order valence-electron chi connectivity index (χ2n) is 7.96. The van der Waals surface area contributed by atoms with E-state index in [9.17, 15) is 9.59 Å². The van der Waals surface area contributed by atoms with E-state index >= 15 is 0 Å². The quantitative estimate of drug-likeness (QED) is 0.313. The van der Waals surface area contributed by atoms with Gasteiger partial charge in [0.15, 0.2) is 0 Å². The fourth-order valence-corrected chi connectivity index (χ4v) is 3.45. The van der Waals surface area contributed by atoms with Crippen molar-refractivity contribution >= 4 is 18.0 Å². The van der Waals surface area contributed by atoms with E-state index in [4.69, 9.17) is 19.7 Å². The Morgan fingerprint density at radius 1 is 0.879 bits per heavy atom. The second kappa shape index (κ2) is 14.7. The fourth-order valence-electron chi connectivity index (χ4n) is 3.45. The van der Waals surface area contributed by atoms with Gasteiger partial charge in [0.05, 0.1) is 13.7 Å². The highest BCUT2D eigenvalue weighted by Gasteiger charge is 2.09. The van der Waals surface area contributed by atoms with Gasteiger partial charge in [-0.15, -0.1) is 0 Å². The maximum Gasteiger partial charge on any atom is 0.303 e. The monoisotopic (exact) mass is 454 g/mol. The molecule has 6 nitrogen and oxygen atoms in total. The first-order valence-corrected chi connectivity index (χ1v) is 11.5. The van der Waals surface area contributed by atoms with Crippen LogP contribution in [0.4, 0.5) is 0 Å². The summed E-state index contributed by atoms with van der Waals surface area (Å²) in [6.45, 7) is 0.578. The molecule has 0 saturated heterocycles. The molecule has 0 aliphatic rings. The molecule has 0 bridgehead atoms. The molecule has 0 aromatic heterocycles. The molecule has 0 unspecified atom stereocenters. The predicted octanol–water partition coefficient (Wildman–Crippen LogP) is 5.77. The maximum absolute atomic E-state index is 11.0. The maximum atomic E-state index is 11.0. The van der Waals surface area contributed by atoms with E-state index < -0.39 is 11.9 Å². The second-order valence-corrected chi connectivity index (χ2v) is 7.96. The lowest BCUT2D eigenvalue weighted by Gasteiger charge is -2.13. The molecule has 0 aliphatic heterocycles. The molecular weight excluding hydrogens is 420 g/mol. The summed E-state index contributed by atoms with van der Waals surface area (Å²) < 4.78 is 11.1. The number of benzene rings is 2. The molecule has 0 aliphatic carbocycles. The highest BCUT2D eigenvalue weighted by atomic mass is 16.5. The van der Waals surface area contributed by atoms with Crippen molar-refractivity contribution in [3.05, 3.63) is 65.2 Å². The van der Waals surface area contributed by atoms with Crippen LogP contribution in [0.5, 0.6) is 11.5 Å². The van der Waals surface area contributed by atoms with Gasteiger partial charge in [-0.25, -0.2) is 0 Å². The Balaban J connectivity index is 1.78. The molecule has 6 heteroatoms. The Kier molecular flexibility index (Phi) is 11.6. The number of hydrogen-bond donors (Lipinski definition) is 2. The Hall–Kier alpha value is -3.28. The third-order valence-corrected chi connectivity index (χ3v) is 5.29. The van der Waals surface area contributed by atoms with Crippen LogP contribution in [0.25, 0.3) is 6.08 Å². The number of rotatable bonds is 16. The molecule has 0 saturated carbocycles. The van der Waals surface area contributed by atoms with Gasteiger partial charge in [-0.1, -0.05) is 36.4 Å². The summed E-state index contributed by atoms with van der Waals surface area (Å²) in [4.78, 5) is 21.7. The van der Waals surface area contributed by atoms with Gasteiger partial charge in [-0.2, -0.15) is 0 Å². The van der Waals surface area contributed by atoms with E-state index in [-0.39, 0.29) is 12.8 Å². The predicted molar refractivity (Wildman–Crippen MR) is 129 cm³/mol. The van der Waals surface area contributed by atoms with Crippen LogP contribution in [0.1, 0.15) is 61.6 Å². The number of hydrogen-bond acceptors (Lipinski definition) is 4. The van der Waals surface area contributed by atoms with E-state index in [0.717, 1.165) is 60.3 Å². The van der Waals surface area contributed by atoms with Crippen LogP contribution in [-0.2, 0) is 22.4 Å². The number of carboxylic acids is 2.